The van der Waals surface area contributed by atoms with Crippen molar-refractivity contribution in [2.45, 2.75) is 53.4 Å². The Labute approximate surface area is 145 Å². The fraction of sp³-hybridized carbons (Fsp3) is 0.333. The van der Waals surface area contributed by atoms with Crippen LogP contribution in [0.5, 0.6) is 0 Å². The number of fused-ring (bicyclic) bond motifs is 2. The Balaban J connectivity index is 1.91. The molecule has 0 saturated carbocycles. The largest absolute Gasteiger partial charge is 0.0757 e. The predicted octanol–water partition coefficient (Wildman–Crippen LogP) is 6.28. The average molecular weight is 314 g/mol. The summed E-state index contributed by atoms with van der Waals surface area (Å²) in [6.07, 6.45) is 9.61. The van der Waals surface area contributed by atoms with Gasteiger partial charge in [-0.1, -0.05) is 47.5 Å². The van der Waals surface area contributed by atoms with E-state index in [0.29, 0.717) is 0 Å². The minimum Gasteiger partial charge on any atom is -0.0757 e. The van der Waals surface area contributed by atoms with Crippen molar-refractivity contribution in [2.75, 3.05) is 0 Å². The molecule has 2 aromatic rings. The zero-order chi connectivity index (χ0) is 16.8. The summed E-state index contributed by atoms with van der Waals surface area (Å²) < 4.78 is 0. The molecule has 0 nitrogen and oxygen atoms in total. The summed E-state index contributed by atoms with van der Waals surface area (Å²) >= 11 is 0. The lowest BCUT2D eigenvalue weighted by Gasteiger charge is -2.27. The number of hydrogen-bond donors (Lipinski definition) is 0. The van der Waals surface area contributed by atoms with Crippen LogP contribution in [-0.2, 0) is 12.8 Å². The van der Waals surface area contributed by atoms with Gasteiger partial charge in [-0.25, -0.2) is 0 Å². The van der Waals surface area contributed by atoms with E-state index >= 15 is 0 Å². The molecule has 2 aliphatic carbocycles. The first-order chi connectivity index (χ1) is 11.5. The van der Waals surface area contributed by atoms with Crippen molar-refractivity contribution in [3.63, 3.8) is 0 Å². The second-order valence-electron chi connectivity index (χ2n) is 7.53. The van der Waals surface area contributed by atoms with Gasteiger partial charge in [-0.2, -0.15) is 0 Å². The van der Waals surface area contributed by atoms with Gasteiger partial charge in [0.25, 0.3) is 0 Å². The van der Waals surface area contributed by atoms with E-state index in [1.54, 1.807) is 11.1 Å². The van der Waals surface area contributed by atoms with E-state index in [-0.39, 0.29) is 0 Å². The Morgan fingerprint density at radius 1 is 0.583 bits per heavy atom. The van der Waals surface area contributed by atoms with Crippen LogP contribution in [0.3, 0.4) is 0 Å². The maximum atomic E-state index is 2.47. The van der Waals surface area contributed by atoms with E-state index in [1.165, 1.54) is 57.4 Å². The summed E-state index contributed by atoms with van der Waals surface area (Å²) in [5.41, 5.74) is 14.6. The fourth-order valence-corrected chi connectivity index (χ4v) is 4.59. The molecule has 0 bridgehead atoms. The van der Waals surface area contributed by atoms with E-state index in [1.807, 2.05) is 0 Å². The number of hydrogen-bond acceptors (Lipinski definition) is 0. The number of benzene rings is 2. The van der Waals surface area contributed by atoms with Crippen LogP contribution in [0.25, 0.3) is 11.1 Å². The van der Waals surface area contributed by atoms with Crippen LogP contribution >= 0.6 is 0 Å². The number of allylic oxidation sites excluding steroid dienone is 4. The van der Waals surface area contributed by atoms with Gasteiger partial charge in [0.1, 0.15) is 0 Å². The molecule has 0 atom stereocenters. The SMILES string of the molecule is Cc1cc(C)c2c(c1)C(C1=CCCc3c(C)cc(C)cc31)=CCC2. The van der Waals surface area contributed by atoms with Crippen LogP contribution in [0, 0.1) is 27.7 Å². The molecular formula is C24H26. The van der Waals surface area contributed by atoms with Gasteiger partial charge < -0.3 is 0 Å². The molecular weight excluding hydrogens is 288 g/mol. The molecule has 0 unspecified atom stereocenters. The van der Waals surface area contributed by atoms with Gasteiger partial charge in [-0.15, -0.1) is 0 Å². The smallest absolute Gasteiger partial charge is 0.0144 e. The normalized spacial score (nSPS) is 16.2. The molecule has 0 aliphatic heterocycles. The van der Waals surface area contributed by atoms with Crippen molar-refractivity contribution in [3.8, 4) is 0 Å². The van der Waals surface area contributed by atoms with Crippen molar-refractivity contribution in [2.24, 2.45) is 0 Å². The Kier molecular flexibility index (Phi) is 3.72. The maximum absolute atomic E-state index is 2.47. The molecule has 0 saturated heterocycles. The zero-order valence-electron chi connectivity index (χ0n) is 15.3. The molecule has 4 rings (SSSR count). The van der Waals surface area contributed by atoms with Crippen molar-refractivity contribution in [1.29, 1.82) is 0 Å². The van der Waals surface area contributed by atoms with Gasteiger partial charge in [-0.3, -0.25) is 0 Å². The Hall–Kier alpha value is -2.08. The summed E-state index contributed by atoms with van der Waals surface area (Å²) in [6.45, 7) is 8.98. The summed E-state index contributed by atoms with van der Waals surface area (Å²) in [5.74, 6) is 0. The van der Waals surface area contributed by atoms with Crippen molar-refractivity contribution >= 4 is 11.1 Å². The minimum absolute atomic E-state index is 1.16. The van der Waals surface area contributed by atoms with Crippen LogP contribution in [0.2, 0.25) is 0 Å². The first-order valence-electron chi connectivity index (χ1n) is 9.16. The number of aryl methyl sites for hydroxylation is 4. The zero-order valence-corrected chi connectivity index (χ0v) is 15.3. The molecule has 0 amide bonds. The molecule has 0 radical (unpaired) electrons. The Morgan fingerprint density at radius 2 is 1.00 bits per heavy atom. The van der Waals surface area contributed by atoms with E-state index < -0.39 is 0 Å². The van der Waals surface area contributed by atoms with Gasteiger partial charge in [0.2, 0.25) is 0 Å². The second kappa shape index (κ2) is 5.77. The summed E-state index contributed by atoms with van der Waals surface area (Å²) in [7, 11) is 0. The second-order valence-corrected chi connectivity index (χ2v) is 7.53. The quantitative estimate of drug-likeness (QED) is 0.581. The van der Waals surface area contributed by atoms with Gasteiger partial charge in [-0.05, 0) is 97.9 Å². The molecule has 2 aliphatic rings. The van der Waals surface area contributed by atoms with Gasteiger partial charge in [0.15, 0.2) is 0 Å². The van der Waals surface area contributed by atoms with Crippen LogP contribution < -0.4 is 0 Å². The molecule has 0 spiro atoms. The van der Waals surface area contributed by atoms with Crippen LogP contribution in [-0.4, -0.2) is 0 Å². The Bertz CT molecular complexity index is 815. The molecule has 0 heteroatoms. The highest BCUT2D eigenvalue weighted by molar-refractivity contribution is 6.07. The monoisotopic (exact) mass is 314 g/mol. The lowest BCUT2D eigenvalue weighted by atomic mass is 9.77. The van der Waals surface area contributed by atoms with Crippen LogP contribution in [0.4, 0.5) is 0 Å². The maximum Gasteiger partial charge on any atom is -0.0144 e. The van der Waals surface area contributed by atoms with E-state index in [0.717, 1.165) is 12.8 Å². The van der Waals surface area contributed by atoms with Crippen molar-refractivity contribution in [1.82, 2.24) is 0 Å². The van der Waals surface area contributed by atoms with Gasteiger partial charge in [0.05, 0.1) is 0 Å². The third-order valence-corrected chi connectivity index (χ3v) is 5.59. The van der Waals surface area contributed by atoms with E-state index in [4.69, 9.17) is 0 Å². The van der Waals surface area contributed by atoms with Crippen LogP contribution in [0.1, 0.15) is 57.3 Å². The summed E-state index contributed by atoms with van der Waals surface area (Å²) in [4.78, 5) is 0. The summed E-state index contributed by atoms with van der Waals surface area (Å²) in [5, 5.41) is 0. The molecule has 2 aromatic carbocycles. The molecule has 0 heterocycles. The lowest BCUT2D eigenvalue weighted by molar-refractivity contribution is 0.950. The average Bonchev–Trinajstić information content (AvgIpc) is 2.54. The third-order valence-electron chi connectivity index (χ3n) is 5.59. The topological polar surface area (TPSA) is 0 Å². The van der Waals surface area contributed by atoms with E-state index in [9.17, 15) is 0 Å². The first kappa shape index (κ1) is 15.4. The standard InChI is InChI=1S/C24H26/c1-15-11-17(3)19-7-5-9-21(23(19)13-15)22-10-6-8-20-18(4)12-16(2)14-24(20)22/h9-14H,5-8H2,1-4H3. The Morgan fingerprint density at radius 3 is 1.42 bits per heavy atom. The van der Waals surface area contributed by atoms with Gasteiger partial charge >= 0.3 is 0 Å². The van der Waals surface area contributed by atoms with Crippen molar-refractivity contribution in [3.05, 3.63) is 80.9 Å². The third kappa shape index (κ3) is 2.45. The van der Waals surface area contributed by atoms with Crippen molar-refractivity contribution < 1.29 is 0 Å². The van der Waals surface area contributed by atoms with Crippen LogP contribution in [0.15, 0.2) is 36.4 Å². The van der Waals surface area contributed by atoms with E-state index in [2.05, 4.69) is 64.1 Å². The fourth-order valence-electron chi connectivity index (χ4n) is 4.59. The minimum atomic E-state index is 1.16. The highest BCUT2D eigenvalue weighted by Gasteiger charge is 2.23. The first-order valence-corrected chi connectivity index (χ1v) is 9.16. The molecule has 24 heavy (non-hydrogen) atoms. The predicted molar refractivity (Wildman–Crippen MR) is 104 cm³/mol. The summed E-state index contributed by atoms with van der Waals surface area (Å²) in [6, 6.07) is 9.45. The molecule has 0 fully saturated rings. The van der Waals surface area contributed by atoms with Gasteiger partial charge in [0, 0.05) is 0 Å². The molecule has 122 valence electrons. The molecule has 0 N–H and O–H groups in total. The molecule has 0 aromatic heterocycles. The lowest BCUT2D eigenvalue weighted by Crippen LogP contribution is -2.09. The highest BCUT2D eigenvalue weighted by atomic mass is 14.3. The number of rotatable bonds is 1. The highest BCUT2D eigenvalue weighted by Crippen LogP contribution is 2.42.